The van der Waals surface area contributed by atoms with Gasteiger partial charge in [-0.2, -0.15) is 0 Å². The van der Waals surface area contributed by atoms with E-state index in [1.54, 1.807) is 12.1 Å². The Labute approximate surface area is 195 Å². The van der Waals surface area contributed by atoms with E-state index in [1.807, 2.05) is 20.9 Å². The molecule has 0 spiro atoms. The maximum atomic E-state index is 12.6. The van der Waals surface area contributed by atoms with E-state index in [0.29, 0.717) is 17.4 Å². The topological polar surface area (TPSA) is 79.9 Å². The number of nitrogens with zero attached hydrogens (tertiary/aromatic N) is 1. The Hall–Kier alpha value is -1.32. The van der Waals surface area contributed by atoms with E-state index in [0.717, 1.165) is 13.1 Å². The molecule has 3 atom stereocenters. The first-order chi connectivity index (χ1) is 14.5. The van der Waals surface area contributed by atoms with Crippen molar-refractivity contribution in [1.82, 2.24) is 15.5 Å². The van der Waals surface area contributed by atoms with Crippen LogP contribution in [0.1, 0.15) is 44.5 Å². The Kier molecular flexibility index (Phi) is 10.1. The van der Waals surface area contributed by atoms with Gasteiger partial charge in [-0.1, -0.05) is 37.0 Å². The molecule has 7 nitrogen and oxygen atoms in total. The number of amides is 2. The number of halogens is 2. The van der Waals surface area contributed by atoms with Gasteiger partial charge < -0.3 is 24.8 Å². The largest absolute Gasteiger partial charge is 0.481 e. The number of benzene rings is 1. The fraction of sp³-hybridized carbons (Fsp3) is 0.619. The number of carbonyl (C=O) groups is 2. The second kappa shape index (κ2) is 12.1. The van der Waals surface area contributed by atoms with Crippen molar-refractivity contribution in [1.29, 1.82) is 0 Å². The molecule has 1 aromatic rings. The highest BCUT2D eigenvalue weighted by atomic mass is 35.5. The molecule has 2 unspecified atom stereocenters. The molecule has 1 aliphatic heterocycles. The molecule has 2 N–H and O–H groups in total. The third-order valence-corrected chi connectivity index (χ3v) is 5.42. The second-order valence-electron chi connectivity index (χ2n) is 8.59. The summed E-state index contributed by atoms with van der Waals surface area (Å²) in [5.74, 6) is -0.820. The van der Waals surface area contributed by atoms with Gasteiger partial charge in [0.15, 0.2) is 0 Å². The van der Waals surface area contributed by atoms with Gasteiger partial charge in [-0.3, -0.25) is 9.59 Å². The van der Waals surface area contributed by atoms with Crippen molar-refractivity contribution >= 4 is 42.1 Å². The van der Waals surface area contributed by atoms with Crippen LogP contribution in [0.2, 0.25) is 10.0 Å². The van der Waals surface area contributed by atoms with Gasteiger partial charge in [0.05, 0.1) is 35.3 Å². The van der Waals surface area contributed by atoms with E-state index >= 15 is 0 Å². The summed E-state index contributed by atoms with van der Waals surface area (Å²) >= 11 is 12.0. The molecular formula is C21H32BCl2N3O4. The third kappa shape index (κ3) is 8.62. The van der Waals surface area contributed by atoms with E-state index in [-0.39, 0.29) is 41.2 Å². The Balaban J connectivity index is 2.01. The van der Waals surface area contributed by atoms with Gasteiger partial charge in [0, 0.05) is 18.1 Å². The summed E-state index contributed by atoms with van der Waals surface area (Å²) in [6, 6.07) is 4.61. The van der Waals surface area contributed by atoms with Crippen molar-refractivity contribution in [2.24, 2.45) is 5.92 Å². The minimum Gasteiger partial charge on any atom is -0.406 e. The van der Waals surface area contributed by atoms with Crippen molar-refractivity contribution in [2.45, 2.75) is 52.3 Å². The quantitative estimate of drug-likeness (QED) is 0.597. The first-order valence-electron chi connectivity index (χ1n) is 10.6. The highest BCUT2D eigenvalue weighted by Gasteiger charge is 2.37. The summed E-state index contributed by atoms with van der Waals surface area (Å²) in [4.78, 5) is 27.2. The smallest absolute Gasteiger partial charge is 0.406 e. The van der Waals surface area contributed by atoms with Crippen LogP contribution in [0.5, 0.6) is 0 Å². The Morgan fingerprint density at radius 2 is 1.81 bits per heavy atom. The highest BCUT2D eigenvalue weighted by molar-refractivity contribution is 6.47. The van der Waals surface area contributed by atoms with Crippen molar-refractivity contribution in [2.75, 3.05) is 26.7 Å². The first kappa shape index (κ1) is 25.9. The van der Waals surface area contributed by atoms with E-state index in [1.165, 1.54) is 6.07 Å². The minimum atomic E-state index is -0.567. The monoisotopic (exact) mass is 471 g/mol. The van der Waals surface area contributed by atoms with Crippen LogP contribution in [0.4, 0.5) is 0 Å². The van der Waals surface area contributed by atoms with Crippen LogP contribution >= 0.6 is 23.2 Å². The Bertz CT molecular complexity index is 754. The maximum Gasteiger partial charge on any atom is 0.481 e. The maximum absolute atomic E-state index is 12.6. The van der Waals surface area contributed by atoms with Crippen molar-refractivity contribution in [3.63, 3.8) is 0 Å². The number of hydrogen-bond donors (Lipinski definition) is 2. The zero-order valence-electron chi connectivity index (χ0n) is 18.8. The van der Waals surface area contributed by atoms with Crippen LogP contribution < -0.4 is 10.6 Å². The van der Waals surface area contributed by atoms with Gasteiger partial charge in [-0.15, -0.1) is 0 Å². The number of nitrogens with one attached hydrogen (secondary N) is 2. The lowest BCUT2D eigenvalue weighted by atomic mass is 9.73. The molecule has 0 radical (unpaired) electrons. The van der Waals surface area contributed by atoms with E-state index < -0.39 is 13.0 Å². The van der Waals surface area contributed by atoms with Gasteiger partial charge in [0.25, 0.3) is 5.91 Å². The summed E-state index contributed by atoms with van der Waals surface area (Å²) < 4.78 is 12.2. The van der Waals surface area contributed by atoms with Gasteiger partial charge >= 0.3 is 7.12 Å². The fourth-order valence-corrected chi connectivity index (χ4v) is 4.02. The van der Waals surface area contributed by atoms with Crippen LogP contribution in [0.3, 0.4) is 0 Å². The standard InChI is InChI=1S/C21H32BCl2N3O4/c1-13(2)8-19(22-30-14(3)11-27(5)12-15(4)31-22)26-20(28)10-25-21(29)17-9-16(23)6-7-18(17)24/h6-7,9,13-15,19H,8,10-12H2,1-5H3,(H,25,29)(H,26,28)/t14?,15?,19-/m0/s1. The SMILES string of the molecule is CC(C)C[C@H](NC(=O)CNC(=O)c1cc(Cl)ccc1Cl)B1OC(C)CN(C)CC(C)O1. The van der Waals surface area contributed by atoms with Crippen LogP contribution in [0.25, 0.3) is 0 Å². The second-order valence-corrected chi connectivity index (χ2v) is 9.44. The van der Waals surface area contributed by atoms with Crippen molar-refractivity contribution in [3.8, 4) is 0 Å². The normalized spacial score (nSPS) is 21.4. The Morgan fingerprint density at radius 3 is 2.39 bits per heavy atom. The van der Waals surface area contributed by atoms with Gasteiger partial charge in [0.1, 0.15) is 0 Å². The van der Waals surface area contributed by atoms with Crippen LogP contribution in [0.15, 0.2) is 18.2 Å². The summed E-state index contributed by atoms with van der Waals surface area (Å²) in [5.41, 5.74) is 0.221. The number of hydrogen-bond acceptors (Lipinski definition) is 5. The molecule has 31 heavy (non-hydrogen) atoms. The predicted octanol–water partition coefficient (Wildman–Crippen LogP) is 3.04. The zero-order chi connectivity index (χ0) is 23.1. The zero-order valence-corrected chi connectivity index (χ0v) is 20.3. The summed E-state index contributed by atoms with van der Waals surface area (Å²) in [6.07, 6.45) is 0.595. The molecule has 1 aromatic carbocycles. The lowest BCUT2D eigenvalue weighted by Gasteiger charge is -2.35. The molecule has 2 rings (SSSR count). The number of carbonyl (C=O) groups excluding carboxylic acids is 2. The molecule has 1 heterocycles. The molecule has 172 valence electrons. The molecule has 0 aliphatic carbocycles. The van der Waals surface area contributed by atoms with Crippen molar-refractivity contribution in [3.05, 3.63) is 33.8 Å². The van der Waals surface area contributed by atoms with Crippen LogP contribution in [-0.4, -0.2) is 68.7 Å². The van der Waals surface area contributed by atoms with Gasteiger partial charge in [-0.25, -0.2) is 0 Å². The molecule has 0 saturated carbocycles. The molecule has 1 saturated heterocycles. The molecular weight excluding hydrogens is 440 g/mol. The number of rotatable bonds is 7. The average molecular weight is 472 g/mol. The molecule has 2 amide bonds. The first-order valence-corrected chi connectivity index (χ1v) is 11.3. The Morgan fingerprint density at radius 1 is 1.19 bits per heavy atom. The predicted molar refractivity (Wildman–Crippen MR) is 125 cm³/mol. The molecule has 1 aliphatic rings. The fourth-order valence-electron chi connectivity index (χ4n) is 3.65. The minimum absolute atomic E-state index is 0.0428. The van der Waals surface area contributed by atoms with E-state index in [2.05, 4.69) is 29.4 Å². The van der Waals surface area contributed by atoms with Crippen molar-refractivity contribution < 1.29 is 18.9 Å². The summed E-state index contributed by atoms with van der Waals surface area (Å²) in [5, 5.41) is 6.23. The lowest BCUT2D eigenvalue weighted by molar-refractivity contribution is -0.120. The molecule has 0 bridgehead atoms. The van der Waals surface area contributed by atoms with E-state index in [4.69, 9.17) is 32.5 Å². The van der Waals surface area contributed by atoms with Crippen LogP contribution in [-0.2, 0) is 14.1 Å². The van der Waals surface area contributed by atoms with Gasteiger partial charge in [0.2, 0.25) is 5.91 Å². The van der Waals surface area contributed by atoms with Crippen LogP contribution in [0, 0.1) is 5.92 Å². The average Bonchev–Trinajstić information content (AvgIpc) is 2.65. The summed E-state index contributed by atoms with van der Waals surface area (Å²) in [7, 11) is 1.46. The lowest BCUT2D eigenvalue weighted by Crippen LogP contribution is -2.56. The number of likely N-dealkylation sites (N-methyl/N-ethyl adjacent to an activating group) is 1. The third-order valence-electron chi connectivity index (χ3n) is 4.85. The molecule has 0 aromatic heterocycles. The molecule has 10 heteroatoms. The highest BCUT2D eigenvalue weighted by Crippen LogP contribution is 2.20. The summed E-state index contributed by atoms with van der Waals surface area (Å²) in [6.45, 7) is 9.50. The van der Waals surface area contributed by atoms with Gasteiger partial charge in [-0.05, 0) is 51.4 Å². The molecule has 1 fully saturated rings. The van der Waals surface area contributed by atoms with E-state index in [9.17, 15) is 9.59 Å².